The van der Waals surface area contributed by atoms with Gasteiger partial charge in [-0.2, -0.15) is 0 Å². The number of methoxy groups -OCH3 is 3. The summed E-state index contributed by atoms with van der Waals surface area (Å²) >= 11 is 1.25. The highest BCUT2D eigenvalue weighted by molar-refractivity contribution is 7.19. The van der Waals surface area contributed by atoms with E-state index >= 15 is 4.79 Å². The van der Waals surface area contributed by atoms with Crippen molar-refractivity contribution in [1.82, 2.24) is 30.7 Å². The average Bonchev–Trinajstić information content (AvgIpc) is 1.76. The van der Waals surface area contributed by atoms with E-state index < -0.39 is 151 Å². The number of esters is 5. The minimum Gasteiger partial charge on any atom is -0.467 e. The molecule has 0 saturated carbocycles. The standard InChI is InChI=1S/C75H111N9O24S/c1-17-45(6)64(58(96-14)40-61(90)84-31-21-24-56(84)65(97-15)46(7)70(91)79-55(73(94)98-16)38-51-22-19-18-20-23-51)82(12)72(93)62(43(2)3)80-71(92)63(44(4)5)83(13)75(95)103-41-52-25-27-57(107-74-68(106-50(11)88)67(105-49(10)87)66(104-48(9)86)59(108-74)42-102-47(8)85)54-39-53(109-69(52)54)26-28-60(89)77-29-32-99-34-36-101-37-35-100-33-30-78-81-76/h18-20,22-23,25,27,39,43-46,55-56,58-59,62-68,74H,17,21,24,26,28-38,40-42H2,1-16H3,(H,77,89)(H,79,91)(H,80,92)/t45?,46-,55?,56+,58-,59-,62+,63+,64+,65-,66+,67+,68-,74-/m1/s1. The second kappa shape index (κ2) is 46.0. The molecule has 0 spiro atoms. The summed E-state index contributed by atoms with van der Waals surface area (Å²) < 4.78 is 75.1. The van der Waals surface area contributed by atoms with Gasteiger partial charge in [-0.05, 0) is 60.2 Å². The Labute approximate surface area is 640 Å². The van der Waals surface area contributed by atoms with Crippen LogP contribution >= 0.6 is 11.3 Å². The van der Waals surface area contributed by atoms with Crippen LogP contribution in [0.2, 0.25) is 0 Å². The van der Waals surface area contributed by atoms with Gasteiger partial charge in [0.05, 0.1) is 83.4 Å². The molecular weight excluding hydrogens is 1440 g/mol. The van der Waals surface area contributed by atoms with Crippen molar-refractivity contribution in [3.8, 4) is 5.75 Å². The Hall–Kier alpha value is -8.76. The molecule has 0 radical (unpaired) electrons. The largest absolute Gasteiger partial charge is 0.467 e. The number of hydrogen-bond donors (Lipinski definition) is 3. The lowest BCUT2D eigenvalue weighted by atomic mass is 9.89. The molecule has 34 heteroatoms. The zero-order valence-electron chi connectivity index (χ0n) is 65.5. The molecule has 3 aromatic rings. The molecule has 6 amide bonds. The number of ether oxygens (including phenoxy) is 13. The molecule has 5 rings (SSSR count). The fraction of sp³-hybridized carbons (Fsp3) is 0.667. The Balaban J connectivity index is 1.35. The van der Waals surface area contributed by atoms with Crippen LogP contribution in [-0.2, 0) is 124 Å². The molecule has 33 nitrogen and oxygen atoms in total. The number of likely N-dealkylation sites (tertiary alicyclic amines) is 1. The van der Waals surface area contributed by atoms with E-state index in [-0.39, 0.29) is 95.3 Å². The van der Waals surface area contributed by atoms with Crippen LogP contribution in [0, 0.1) is 23.7 Å². The van der Waals surface area contributed by atoms with Crippen LogP contribution in [0.15, 0.2) is 53.6 Å². The number of amides is 6. The van der Waals surface area contributed by atoms with Crippen LogP contribution in [0.1, 0.15) is 124 Å². The number of carbonyl (C=O) groups is 11. The van der Waals surface area contributed by atoms with E-state index in [4.69, 9.17) is 67.1 Å². The predicted molar refractivity (Wildman–Crippen MR) is 396 cm³/mol. The summed E-state index contributed by atoms with van der Waals surface area (Å²) in [6, 6.07) is 9.55. The summed E-state index contributed by atoms with van der Waals surface area (Å²) in [5, 5.41) is 12.4. The number of fused-ring (bicyclic) bond motifs is 1. The van der Waals surface area contributed by atoms with Gasteiger partial charge in [-0.25, -0.2) is 9.59 Å². The Morgan fingerprint density at radius 1 is 0.743 bits per heavy atom. The highest BCUT2D eigenvalue weighted by Crippen LogP contribution is 2.40. The van der Waals surface area contributed by atoms with Crippen LogP contribution < -0.4 is 20.7 Å². The molecular formula is C75H111N9O24S. The van der Waals surface area contributed by atoms with Gasteiger partial charge in [-0.15, -0.1) is 11.3 Å². The number of hydrogen-bond acceptors (Lipinski definition) is 26. The molecule has 3 heterocycles. The molecule has 1 aromatic heterocycles. The number of thiophene rings is 1. The molecule has 14 atom stereocenters. The van der Waals surface area contributed by atoms with Gasteiger partial charge in [0.15, 0.2) is 12.2 Å². The lowest BCUT2D eigenvalue weighted by Crippen LogP contribution is -2.63. The monoisotopic (exact) mass is 1550 g/mol. The summed E-state index contributed by atoms with van der Waals surface area (Å²) in [5.74, 6) is -8.02. The number of aryl methyl sites for hydroxylation is 1. The number of carbonyl (C=O) groups excluding carboxylic acids is 11. The molecule has 3 N–H and O–H groups in total. The normalized spacial score (nSPS) is 19.1. The van der Waals surface area contributed by atoms with Crippen molar-refractivity contribution in [2.24, 2.45) is 28.8 Å². The zero-order valence-corrected chi connectivity index (χ0v) is 66.3. The van der Waals surface area contributed by atoms with Crippen molar-refractivity contribution in [1.29, 1.82) is 0 Å². The van der Waals surface area contributed by atoms with Crippen molar-refractivity contribution < 1.29 is 114 Å². The highest BCUT2D eigenvalue weighted by Gasteiger charge is 2.54. The topological polar surface area (TPSA) is 402 Å². The van der Waals surface area contributed by atoms with Crippen LogP contribution in [0.3, 0.4) is 0 Å². The fourth-order valence-corrected chi connectivity index (χ4v) is 14.5. The number of benzene rings is 2. The number of nitrogens with one attached hydrogen (secondary N) is 3. The molecule has 109 heavy (non-hydrogen) atoms. The van der Waals surface area contributed by atoms with E-state index in [1.165, 1.54) is 50.7 Å². The maximum atomic E-state index is 15.1. The van der Waals surface area contributed by atoms with E-state index in [9.17, 15) is 47.9 Å². The second-order valence-corrected chi connectivity index (χ2v) is 28.6. The van der Waals surface area contributed by atoms with Crippen molar-refractivity contribution in [3.63, 3.8) is 0 Å². The highest BCUT2D eigenvalue weighted by atomic mass is 32.1. The van der Waals surface area contributed by atoms with Crippen molar-refractivity contribution >= 4 is 86.9 Å². The first kappa shape index (κ1) is 90.9. The molecule has 2 unspecified atom stereocenters. The number of likely N-dealkylation sites (N-methyl/N-ethyl adjacent to an activating group) is 2. The Kier molecular flexibility index (Phi) is 38.4. The summed E-state index contributed by atoms with van der Waals surface area (Å²) in [5.41, 5.74) is 9.64. The molecule has 2 aliphatic rings. The predicted octanol–water partition coefficient (Wildman–Crippen LogP) is 6.33. The van der Waals surface area contributed by atoms with Gasteiger partial charge in [0.1, 0.15) is 43.2 Å². The van der Waals surface area contributed by atoms with Crippen molar-refractivity contribution in [2.75, 3.05) is 101 Å². The van der Waals surface area contributed by atoms with Gasteiger partial charge < -0.3 is 87.3 Å². The zero-order chi connectivity index (χ0) is 80.6. The van der Waals surface area contributed by atoms with Crippen molar-refractivity contribution in [3.05, 3.63) is 75.0 Å². The first-order valence-electron chi connectivity index (χ1n) is 36.7. The quantitative estimate of drug-likeness (QED) is 0.0139. The third kappa shape index (κ3) is 27.6. The molecule has 606 valence electrons. The Bertz CT molecular complexity index is 3540. The third-order valence-electron chi connectivity index (χ3n) is 18.8. The van der Waals surface area contributed by atoms with Gasteiger partial charge in [-0.3, -0.25) is 48.1 Å². The van der Waals surface area contributed by atoms with Crippen molar-refractivity contribution in [2.45, 2.75) is 201 Å². The SMILES string of the molecule is CCC(C)[C@@H]([C@@H](CC(=O)N1CCC[C@H]1[C@H](OC)[C@@H](C)C(=O)NC(Cc1ccccc1)C(=O)OC)OC)N(C)C(=O)[C@@H](NC(=O)[C@H](C(C)C)N(C)C(=O)OCc1ccc(O[C@@H]2O[C@H](COC(C)=O)[C@H](OC(C)=O)[C@H](OC(C)=O)[C@H]2OC(C)=O)c2cc(CCC(=O)NCCOCCOCCOCCN=[N+]=[N-])sc12)C(C)C. The minimum atomic E-state index is -1.63. The Morgan fingerprint density at radius 2 is 1.39 bits per heavy atom. The second-order valence-electron chi connectivity index (χ2n) is 27.5. The van der Waals surface area contributed by atoms with E-state index in [1.54, 1.807) is 58.7 Å². The maximum Gasteiger partial charge on any atom is 0.410 e. The van der Waals surface area contributed by atoms with E-state index in [2.05, 4.69) is 26.0 Å². The molecule has 2 saturated heterocycles. The Morgan fingerprint density at radius 3 is 1.98 bits per heavy atom. The van der Waals surface area contributed by atoms with Crippen LogP contribution in [-0.4, -0.2) is 255 Å². The summed E-state index contributed by atoms with van der Waals surface area (Å²) in [4.78, 5) is 157. The third-order valence-corrected chi connectivity index (χ3v) is 20.1. The first-order chi connectivity index (χ1) is 51.9. The van der Waals surface area contributed by atoms with E-state index in [0.717, 1.165) is 38.2 Å². The van der Waals surface area contributed by atoms with Gasteiger partial charge in [-0.1, -0.05) is 96.4 Å². The molecule has 2 aliphatic heterocycles. The number of azide groups is 1. The molecule has 0 aliphatic carbocycles. The lowest BCUT2D eigenvalue weighted by molar-refractivity contribution is -0.288. The fourth-order valence-electron chi connectivity index (χ4n) is 13.3. The summed E-state index contributed by atoms with van der Waals surface area (Å²) in [7, 11) is 7.22. The average molecular weight is 1550 g/mol. The molecule has 2 fully saturated rings. The molecule has 0 bridgehead atoms. The summed E-state index contributed by atoms with van der Waals surface area (Å²) in [6.07, 6.45) is -8.11. The van der Waals surface area contributed by atoms with E-state index in [1.807, 2.05) is 44.2 Å². The smallest absolute Gasteiger partial charge is 0.410 e. The van der Waals surface area contributed by atoms with Crippen LogP contribution in [0.5, 0.6) is 5.75 Å². The number of rotatable bonds is 45. The maximum absolute atomic E-state index is 15.1. The van der Waals surface area contributed by atoms with Crippen LogP contribution in [0.25, 0.3) is 20.5 Å². The minimum absolute atomic E-state index is 0.0201. The van der Waals surface area contributed by atoms with Gasteiger partial charge in [0.25, 0.3) is 0 Å². The van der Waals surface area contributed by atoms with Gasteiger partial charge in [0.2, 0.25) is 41.9 Å². The van der Waals surface area contributed by atoms with Crippen LogP contribution in [0.4, 0.5) is 4.79 Å². The van der Waals surface area contributed by atoms with Gasteiger partial charge >= 0.3 is 35.9 Å². The first-order valence-corrected chi connectivity index (χ1v) is 37.5. The van der Waals surface area contributed by atoms with E-state index in [0.29, 0.717) is 59.5 Å². The summed E-state index contributed by atoms with van der Waals surface area (Å²) in [6.45, 7) is 18.6. The number of nitrogens with zero attached hydrogens (tertiary/aromatic N) is 6. The molecule has 2 aromatic carbocycles. The van der Waals surface area contributed by atoms with Gasteiger partial charge in [0, 0.05) is 114 Å². The lowest BCUT2D eigenvalue weighted by Gasteiger charge is -2.44.